The minimum Gasteiger partial charge on any atom is -0.360 e. The first-order valence-corrected chi connectivity index (χ1v) is 6.14. The van der Waals surface area contributed by atoms with E-state index in [9.17, 15) is 4.79 Å². The number of amides is 1. The summed E-state index contributed by atoms with van der Waals surface area (Å²) in [7, 11) is 0. The molecule has 1 atom stereocenters. The Morgan fingerprint density at radius 1 is 1.59 bits per heavy atom. The van der Waals surface area contributed by atoms with E-state index in [2.05, 4.69) is 0 Å². The number of morpholine rings is 1. The molecular weight excluding hydrogens is 218 g/mol. The van der Waals surface area contributed by atoms with Gasteiger partial charge in [0.15, 0.2) is 6.10 Å². The van der Waals surface area contributed by atoms with Gasteiger partial charge >= 0.3 is 0 Å². The van der Waals surface area contributed by atoms with Gasteiger partial charge in [-0.15, -0.1) is 0 Å². The summed E-state index contributed by atoms with van der Waals surface area (Å²) in [6.07, 6.45) is 0.956. The summed E-state index contributed by atoms with van der Waals surface area (Å²) in [5.41, 5.74) is 5.28. The molecule has 1 aliphatic rings. The van der Waals surface area contributed by atoms with Crippen molar-refractivity contribution in [2.24, 2.45) is 11.1 Å². The highest BCUT2D eigenvalue weighted by atomic mass is 16.5. The van der Waals surface area contributed by atoms with E-state index in [1.807, 2.05) is 19.9 Å². The van der Waals surface area contributed by atoms with Crippen LogP contribution in [-0.2, 0) is 9.53 Å². The van der Waals surface area contributed by atoms with Crippen LogP contribution in [0.3, 0.4) is 0 Å². The molecule has 2 N–H and O–H groups in total. The lowest BCUT2D eigenvalue weighted by Crippen LogP contribution is -2.53. The number of ether oxygens (including phenoxy) is 1. The third-order valence-electron chi connectivity index (χ3n) is 3.70. The molecule has 17 heavy (non-hydrogen) atoms. The second kappa shape index (κ2) is 5.99. The minimum atomic E-state index is -0.503. The first kappa shape index (κ1) is 13.9. The molecule has 96 valence electrons. The number of carbonyl (C=O) groups excluding carboxylic acids is 1. The summed E-state index contributed by atoms with van der Waals surface area (Å²) >= 11 is 0. The van der Waals surface area contributed by atoms with Gasteiger partial charge < -0.3 is 15.4 Å². The zero-order chi connectivity index (χ0) is 12.9. The van der Waals surface area contributed by atoms with Gasteiger partial charge in [-0.1, -0.05) is 13.8 Å². The fourth-order valence-corrected chi connectivity index (χ4v) is 2.18. The van der Waals surface area contributed by atoms with Crippen LogP contribution < -0.4 is 5.73 Å². The molecule has 5 nitrogen and oxygen atoms in total. The Hall–Kier alpha value is -1.12. The summed E-state index contributed by atoms with van der Waals surface area (Å²) < 4.78 is 5.23. The Kier molecular flexibility index (Phi) is 4.91. The molecule has 0 saturated carbocycles. The Bertz CT molecular complexity index is 299. The van der Waals surface area contributed by atoms with Crippen molar-refractivity contribution < 1.29 is 9.53 Å². The first-order valence-electron chi connectivity index (χ1n) is 6.14. The van der Waals surface area contributed by atoms with Crippen LogP contribution in [0.15, 0.2) is 0 Å². The second-order valence-electron chi connectivity index (χ2n) is 4.43. The molecule has 0 spiro atoms. The molecule has 0 aromatic carbocycles. The molecule has 1 amide bonds. The highest BCUT2D eigenvalue weighted by molar-refractivity contribution is 5.83. The van der Waals surface area contributed by atoms with E-state index in [0.717, 1.165) is 12.8 Å². The molecule has 1 fully saturated rings. The van der Waals surface area contributed by atoms with Crippen molar-refractivity contribution in [2.45, 2.75) is 32.8 Å². The standard InChI is InChI=1S/C12H21N3O2/c1-3-12(4-2,9-14)11(16)15-5-6-17-10(7-13)8-15/h10H,3-6,8-9,14H2,1-2H3. The van der Waals surface area contributed by atoms with Crippen molar-refractivity contribution in [3.63, 3.8) is 0 Å². The van der Waals surface area contributed by atoms with Crippen LogP contribution in [0.1, 0.15) is 26.7 Å². The highest BCUT2D eigenvalue weighted by Crippen LogP contribution is 2.28. The molecule has 1 saturated heterocycles. The minimum absolute atomic E-state index is 0.0635. The van der Waals surface area contributed by atoms with Crippen LogP contribution in [0.2, 0.25) is 0 Å². The monoisotopic (exact) mass is 239 g/mol. The average Bonchev–Trinajstić information content (AvgIpc) is 2.41. The molecule has 0 aromatic rings. The maximum absolute atomic E-state index is 12.5. The quantitative estimate of drug-likeness (QED) is 0.775. The summed E-state index contributed by atoms with van der Waals surface area (Å²) in [4.78, 5) is 14.2. The zero-order valence-electron chi connectivity index (χ0n) is 10.6. The Labute approximate surface area is 103 Å². The normalized spacial score (nSPS) is 21.1. The Morgan fingerprint density at radius 2 is 2.24 bits per heavy atom. The van der Waals surface area contributed by atoms with Crippen molar-refractivity contribution in [2.75, 3.05) is 26.2 Å². The average molecular weight is 239 g/mol. The summed E-state index contributed by atoms with van der Waals surface area (Å²) in [6.45, 7) is 5.66. The van der Waals surface area contributed by atoms with Crippen molar-refractivity contribution in [1.82, 2.24) is 4.90 Å². The number of nitrogens with zero attached hydrogens (tertiary/aromatic N) is 2. The van der Waals surface area contributed by atoms with Gasteiger partial charge in [0.25, 0.3) is 0 Å². The van der Waals surface area contributed by atoms with Crippen LogP contribution in [0.5, 0.6) is 0 Å². The van der Waals surface area contributed by atoms with Gasteiger partial charge in [0.2, 0.25) is 5.91 Å². The second-order valence-corrected chi connectivity index (χ2v) is 4.43. The molecule has 0 aliphatic carbocycles. The predicted octanol–water partition coefficient (Wildman–Crippen LogP) is 0.502. The van der Waals surface area contributed by atoms with E-state index in [-0.39, 0.29) is 5.91 Å². The van der Waals surface area contributed by atoms with Gasteiger partial charge in [-0.2, -0.15) is 5.26 Å². The highest BCUT2D eigenvalue weighted by Gasteiger charge is 2.38. The molecular formula is C12H21N3O2. The molecule has 0 bridgehead atoms. The van der Waals surface area contributed by atoms with Crippen LogP contribution in [0.25, 0.3) is 0 Å². The summed E-state index contributed by atoms with van der Waals surface area (Å²) in [5, 5.41) is 8.83. The zero-order valence-corrected chi connectivity index (χ0v) is 10.6. The lowest BCUT2D eigenvalue weighted by atomic mass is 9.80. The number of hydrogen-bond donors (Lipinski definition) is 1. The molecule has 1 heterocycles. The van der Waals surface area contributed by atoms with Gasteiger partial charge in [-0.25, -0.2) is 0 Å². The topological polar surface area (TPSA) is 79.3 Å². The SMILES string of the molecule is CCC(CC)(CN)C(=O)N1CCOC(C#N)C1. The molecule has 5 heteroatoms. The number of rotatable bonds is 4. The van der Waals surface area contributed by atoms with E-state index in [0.29, 0.717) is 26.2 Å². The fourth-order valence-electron chi connectivity index (χ4n) is 2.18. The Morgan fingerprint density at radius 3 is 2.71 bits per heavy atom. The fraction of sp³-hybridized carbons (Fsp3) is 0.833. The van der Waals surface area contributed by atoms with E-state index in [1.54, 1.807) is 4.90 Å². The van der Waals surface area contributed by atoms with Gasteiger partial charge in [-0.05, 0) is 12.8 Å². The largest absolute Gasteiger partial charge is 0.360 e. The van der Waals surface area contributed by atoms with Crippen LogP contribution in [0.4, 0.5) is 0 Å². The maximum Gasteiger partial charge on any atom is 0.230 e. The van der Waals surface area contributed by atoms with Crippen LogP contribution in [-0.4, -0.2) is 43.2 Å². The number of nitriles is 1. The number of hydrogen-bond acceptors (Lipinski definition) is 4. The molecule has 1 aliphatic heterocycles. The van der Waals surface area contributed by atoms with E-state index in [4.69, 9.17) is 15.7 Å². The van der Waals surface area contributed by atoms with Crippen molar-refractivity contribution >= 4 is 5.91 Å². The third-order valence-corrected chi connectivity index (χ3v) is 3.70. The van der Waals surface area contributed by atoms with Crippen molar-refractivity contribution in [1.29, 1.82) is 5.26 Å². The van der Waals surface area contributed by atoms with E-state index >= 15 is 0 Å². The molecule has 1 rings (SSSR count). The van der Waals surface area contributed by atoms with Gasteiger partial charge in [0, 0.05) is 13.1 Å². The lowest BCUT2D eigenvalue weighted by molar-refractivity contribution is -0.148. The number of nitrogens with two attached hydrogens (primary N) is 1. The summed E-state index contributed by atoms with van der Waals surface area (Å²) in [5.74, 6) is 0.0635. The van der Waals surface area contributed by atoms with Crippen molar-refractivity contribution in [3.8, 4) is 6.07 Å². The van der Waals surface area contributed by atoms with Gasteiger partial charge in [-0.3, -0.25) is 4.79 Å². The van der Waals surface area contributed by atoms with Crippen LogP contribution in [0, 0.1) is 16.7 Å². The van der Waals surface area contributed by atoms with Gasteiger partial charge in [0.1, 0.15) is 0 Å². The summed E-state index contributed by atoms with van der Waals surface area (Å²) in [6, 6.07) is 2.05. The predicted molar refractivity (Wildman–Crippen MR) is 64.0 cm³/mol. The smallest absolute Gasteiger partial charge is 0.230 e. The van der Waals surface area contributed by atoms with Gasteiger partial charge in [0.05, 0.1) is 24.6 Å². The van der Waals surface area contributed by atoms with E-state index < -0.39 is 11.5 Å². The third kappa shape index (κ3) is 2.76. The molecule has 1 unspecified atom stereocenters. The van der Waals surface area contributed by atoms with Crippen LogP contribution >= 0.6 is 0 Å². The maximum atomic E-state index is 12.5. The van der Waals surface area contributed by atoms with Crippen molar-refractivity contribution in [3.05, 3.63) is 0 Å². The molecule has 0 aromatic heterocycles. The lowest BCUT2D eigenvalue weighted by Gasteiger charge is -2.38. The Balaban J connectivity index is 2.77. The number of carbonyl (C=O) groups is 1. The molecule has 0 radical (unpaired) electrons. The van der Waals surface area contributed by atoms with E-state index in [1.165, 1.54) is 0 Å². The first-order chi connectivity index (χ1) is 8.13.